The molecule has 0 saturated carbocycles. The zero-order valence-corrected chi connectivity index (χ0v) is 9.44. The molecule has 0 saturated heterocycles. The summed E-state index contributed by atoms with van der Waals surface area (Å²) < 4.78 is 18.8. The van der Waals surface area contributed by atoms with Gasteiger partial charge in [-0.2, -0.15) is 0 Å². The Bertz CT molecular complexity index is 381. The molecule has 0 bridgehead atoms. The number of ether oxygens (including phenoxy) is 1. The highest BCUT2D eigenvalue weighted by molar-refractivity contribution is 6.30. The Balaban J connectivity index is 2.32. The van der Waals surface area contributed by atoms with E-state index in [0.29, 0.717) is 18.4 Å². The van der Waals surface area contributed by atoms with Gasteiger partial charge >= 0.3 is 0 Å². The summed E-state index contributed by atoms with van der Waals surface area (Å²) in [7, 11) is 0. The quantitative estimate of drug-likeness (QED) is 0.842. The summed E-state index contributed by atoms with van der Waals surface area (Å²) in [5.41, 5.74) is 0.852. The minimum atomic E-state index is -0.456. The Morgan fingerprint density at radius 1 is 1.53 bits per heavy atom. The average Bonchev–Trinajstić information content (AvgIpc) is 2.55. The number of fused-ring (bicyclic) bond motifs is 1. The van der Waals surface area contributed by atoms with Gasteiger partial charge in [0.05, 0.1) is 11.1 Å². The summed E-state index contributed by atoms with van der Waals surface area (Å²) in [6.07, 6.45) is 0. The van der Waals surface area contributed by atoms with Crippen LogP contribution >= 0.6 is 11.6 Å². The number of nitrogens with one attached hydrogen (secondary N) is 1. The largest absolute Gasteiger partial charge is 0.488 e. The lowest BCUT2D eigenvalue weighted by Gasteiger charge is -2.14. The molecule has 0 fully saturated rings. The number of benzene rings is 1. The minimum Gasteiger partial charge on any atom is -0.488 e. The molecule has 4 heteroatoms. The summed E-state index contributed by atoms with van der Waals surface area (Å²) in [6, 6.07) is 3.78. The molecule has 0 amide bonds. The first kappa shape index (κ1) is 10.7. The van der Waals surface area contributed by atoms with E-state index in [1.54, 1.807) is 6.07 Å². The van der Waals surface area contributed by atoms with Gasteiger partial charge in [0.1, 0.15) is 6.61 Å². The van der Waals surface area contributed by atoms with Gasteiger partial charge in [0.2, 0.25) is 0 Å². The number of halogens is 2. The van der Waals surface area contributed by atoms with E-state index in [1.807, 2.05) is 19.9 Å². The second kappa shape index (κ2) is 3.99. The van der Waals surface area contributed by atoms with Crippen molar-refractivity contribution < 1.29 is 9.13 Å². The van der Waals surface area contributed by atoms with Gasteiger partial charge in [-0.25, -0.2) is 4.39 Å². The molecule has 1 unspecified atom stereocenters. The topological polar surface area (TPSA) is 21.3 Å². The number of hydrogen-bond acceptors (Lipinski definition) is 2. The molecule has 1 aliphatic rings. The van der Waals surface area contributed by atoms with Crippen LogP contribution in [0.1, 0.15) is 25.5 Å². The molecule has 1 N–H and O–H groups in total. The number of rotatable bonds is 2. The van der Waals surface area contributed by atoms with E-state index in [0.717, 1.165) is 5.56 Å². The van der Waals surface area contributed by atoms with Crippen molar-refractivity contribution in [1.82, 2.24) is 5.32 Å². The third-order valence-electron chi connectivity index (χ3n) is 2.38. The minimum absolute atomic E-state index is 0.0618. The lowest BCUT2D eigenvalue weighted by Crippen LogP contribution is -2.28. The van der Waals surface area contributed by atoms with Crippen molar-refractivity contribution in [3.8, 4) is 5.75 Å². The molecule has 1 atom stereocenters. The Hall–Kier alpha value is -0.800. The fourth-order valence-electron chi connectivity index (χ4n) is 1.76. The second-order valence-electron chi connectivity index (χ2n) is 3.96. The van der Waals surface area contributed by atoms with E-state index < -0.39 is 5.82 Å². The maximum atomic E-state index is 13.5. The van der Waals surface area contributed by atoms with Gasteiger partial charge in [-0.05, 0) is 6.07 Å². The van der Waals surface area contributed by atoms with Crippen LogP contribution in [0.2, 0.25) is 5.02 Å². The Kier molecular flexibility index (Phi) is 2.85. The van der Waals surface area contributed by atoms with Crippen LogP contribution in [0, 0.1) is 5.82 Å². The zero-order chi connectivity index (χ0) is 11.0. The number of hydrogen-bond donors (Lipinski definition) is 1. The molecule has 1 heterocycles. The highest BCUT2D eigenvalue weighted by Gasteiger charge is 2.28. The summed E-state index contributed by atoms with van der Waals surface area (Å²) >= 11 is 5.67. The molecule has 2 nitrogen and oxygen atoms in total. The summed E-state index contributed by atoms with van der Waals surface area (Å²) in [6.45, 7) is 4.55. The lowest BCUT2D eigenvalue weighted by molar-refractivity contribution is 0.293. The van der Waals surface area contributed by atoms with E-state index in [9.17, 15) is 4.39 Å². The van der Waals surface area contributed by atoms with Crippen LogP contribution in [0.5, 0.6) is 5.75 Å². The highest BCUT2D eigenvalue weighted by atomic mass is 35.5. The molecule has 0 aromatic heterocycles. The SMILES string of the molecule is CC(C)NC1COc2c1ccc(Cl)c2F. The van der Waals surface area contributed by atoms with Gasteiger partial charge in [0.25, 0.3) is 0 Å². The van der Waals surface area contributed by atoms with E-state index >= 15 is 0 Å². The molecule has 82 valence electrons. The molecule has 0 aliphatic carbocycles. The van der Waals surface area contributed by atoms with Crippen molar-refractivity contribution in [2.45, 2.75) is 25.9 Å². The van der Waals surface area contributed by atoms with Crippen LogP contribution in [-0.4, -0.2) is 12.6 Å². The van der Waals surface area contributed by atoms with Gasteiger partial charge in [-0.1, -0.05) is 31.5 Å². The lowest BCUT2D eigenvalue weighted by atomic mass is 10.1. The molecule has 0 radical (unpaired) electrons. The Labute approximate surface area is 93.4 Å². The van der Waals surface area contributed by atoms with Gasteiger partial charge in [0, 0.05) is 11.6 Å². The first-order valence-corrected chi connectivity index (χ1v) is 5.34. The maximum absolute atomic E-state index is 13.5. The summed E-state index contributed by atoms with van der Waals surface area (Å²) in [4.78, 5) is 0. The normalized spacial score (nSPS) is 19.1. The Morgan fingerprint density at radius 3 is 2.93 bits per heavy atom. The third-order valence-corrected chi connectivity index (χ3v) is 2.68. The fraction of sp³-hybridized carbons (Fsp3) is 0.455. The van der Waals surface area contributed by atoms with Crippen LogP contribution in [-0.2, 0) is 0 Å². The molecule has 1 aromatic carbocycles. The Morgan fingerprint density at radius 2 is 2.27 bits per heavy atom. The van der Waals surface area contributed by atoms with Crippen molar-refractivity contribution in [3.63, 3.8) is 0 Å². The fourth-order valence-corrected chi connectivity index (χ4v) is 1.91. The average molecular weight is 230 g/mol. The van der Waals surface area contributed by atoms with Gasteiger partial charge in [0.15, 0.2) is 11.6 Å². The van der Waals surface area contributed by atoms with Gasteiger partial charge in [-0.15, -0.1) is 0 Å². The van der Waals surface area contributed by atoms with Crippen LogP contribution in [0.3, 0.4) is 0 Å². The first-order valence-electron chi connectivity index (χ1n) is 4.96. The van der Waals surface area contributed by atoms with Crippen LogP contribution in [0.15, 0.2) is 12.1 Å². The van der Waals surface area contributed by atoms with Crippen LogP contribution in [0.4, 0.5) is 4.39 Å². The molecule has 1 aliphatic heterocycles. The zero-order valence-electron chi connectivity index (χ0n) is 8.68. The summed E-state index contributed by atoms with van der Waals surface area (Å²) in [5.74, 6) is -0.164. The van der Waals surface area contributed by atoms with Gasteiger partial charge in [-0.3, -0.25) is 0 Å². The van der Waals surface area contributed by atoms with Crippen molar-refractivity contribution in [2.75, 3.05) is 6.61 Å². The van der Waals surface area contributed by atoms with Crippen molar-refractivity contribution >= 4 is 11.6 Å². The first-order chi connectivity index (χ1) is 7.09. The predicted molar refractivity (Wildman–Crippen MR) is 57.9 cm³/mol. The molecular weight excluding hydrogens is 217 g/mol. The second-order valence-corrected chi connectivity index (χ2v) is 4.37. The monoisotopic (exact) mass is 229 g/mol. The summed E-state index contributed by atoms with van der Waals surface area (Å²) in [5, 5.41) is 3.42. The van der Waals surface area contributed by atoms with Gasteiger partial charge < -0.3 is 10.1 Å². The highest BCUT2D eigenvalue weighted by Crippen LogP contribution is 2.37. The maximum Gasteiger partial charge on any atom is 0.183 e. The third kappa shape index (κ3) is 1.94. The van der Waals surface area contributed by atoms with Crippen molar-refractivity contribution in [2.24, 2.45) is 0 Å². The van der Waals surface area contributed by atoms with E-state index in [4.69, 9.17) is 16.3 Å². The van der Waals surface area contributed by atoms with Crippen molar-refractivity contribution in [1.29, 1.82) is 0 Å². The predicted octanol–water partition coefficient (Wildman–Crippen LogP) is 2.91. The van der Waals surface area contributed by atoms with Crippen molar-refractivity contribution in [3.05, 3.63) is 28.5 Å². The molecule has 0 spiro atoms. The van der Waals surface area contributed by atoms with Crippen LogP contribution in [0.25, 0.3) is 0 Å². The van der Waals surface area contributed by atoms with E-state index in [1.165, 1.54) is 0 Å². The molecular formula is C11H13ClFNO. The standard InChI is InChI=1S/C11H13ClFNO/c1-6(2)14-9-5-15-11-7(9)3-4-8(12)10(11)13/h3-4,6,9,14H,5H2,1-2H3. The molecule has 1 aromatic rings. The van der Waals surface area contributed by atoms with E-state index in [-0.39, 0.29) is 11.1 Å². The molecule has 2 rings (SSSR count). The van der Waals surface area contributed by atoms with Crippen LogP contribution < -0.4 is 10.1 Å². The van der Waals surface area contributed by atoms with E-state index in [2.05, 4.69) is 5.32 Å². The smallest absolute Gasteiger partial charge is 0.183 e. The molecule has 15 heavy (non-hydrogen) atoms.